The number of carbonyl (C=O) groups excluding carboxylic acids is 1. The van der Waals surface area contributed by atoms with E-state index in [1.807, 2.05) is 24.3 Å². The average Bonchev–Trinajstić information content (AvgIpc) is 3.17. The van der Waals surface area contributed by atoms with Crippen LogP contribution in [0, 0.1) is 0 Å². The standard InChI is InChI=1S/C24H31N3O4/c1-24(17-6-4-3-5-7-17)15-31-21-19(23(29)25-2)12-16(13-20(21)24)22(28)27-9-8-18-14-26-10-11-30-18/h3-7,12-13,18,23,25-26,29H,8-11,14-15H2,1-2H3,(H,27,28)/t18-,23?,24?/m0/s1. The molecule has 166 valence electrons. The van der Waals surface area contributed by atoms with Crippen LogP contribution in [0.5, 0.6) is 5.75 Å². The summed E-state index contributed by atoms with van der Waals surface area (Å²) in [4.78, 5) is 13.0. The SMILES string of the molecule is CNC(O)c1cc(C(=O)NCC[C@H]2CNCCO2)cc2c1OCC2(C)c1ccccc1. The number of aliphatic hydroxyl groups is 1. The highest BCUT2D eigenvalue weighted by Gasteiger charge is 2.40. The van der Waals surface area contributed by atoms with Gasteiger partial charge in [-0.25, -0.2) is 0 Å². The first-order valence-electron chi connectivity index (χ1n) is 10.9. The summed E-state index contributed by atoms with van der Waals surface area (Å²) in [6.07, 6.45) is -0.0626. The molecule has 0 aliphatic carbocycles. The molecule has 1 amide bonds. The third kappa shape index (κ3) is 4.45. The van der Waals surface area contributed by atoms with E-state index in [2.05, 4.69) is 35.0 Å². The summed E-state index contributed by atoms with van der Waals surface area (Å²) in [6, 6.07) is 13.7. The molecule has 7 nitrogen and oxygen atoms in total. The highest BCUT2D eigenvalue weighted by molar-refractivity contribution is 5.95. The van der Waals surface area contributed by atoms with Crippen molar-refractivity contribution in [1.29, 1.82) is 0 Å². The molecule has 1 saturated heterocycles. The Morgan fingerprint density at radius 3 is 2.84 bits per heavy atom. The Bertz CT molecular complexity index is 915. The van der Waals surface area contributed by atoms with Crippen molar-refractivity contribution >= 4 is 5.91 Å². The quantitative estimate of drug-likeness (QED) is 0.505. The molecule has 0 aromatic heterocycles. The van der Waals surface area contributed by atoms with Gasteiger partial charge in [-0.1, -0.05) is 30.3 Å². The van der Waals surface area contributed by atoms with Crippen molar-refractivity contribution in [3.63, 3.8) is 0 Å². The first-order chi connectivity index (χ1) is 15.0. The van der Waals surface area contributed by atoms with Crippen molar-refractivity contribution < 1.29 is 19.4 Å². The summed E-state index contributed by atoms with van der Waals surface area (Å²) in [5.74, 6) is 0.477. The molecule has 1 fully saturated rings. The van der Waals surface area contributed by atoms with Crippen molar-refractivity contribution in [2.75, 3.05) is 39.9 Å². The Labute approximate surface area is 183 Å². The van der Waals surface area contributed by atoms with E-state index in [4.69, 9.17) is 9.47 Å². The van der Waals surface area contributed by atoms with E-state index < -0.39 is 11.6 Å². The molecular formula is C24H31N3O4. The van der Waals surface area contributed by atoms with Crippen LogP contribution in [0.15, 0.2) is 42.5 Å². The summed E-state index contributed by atoms with van der Waals surface area (Å²) in [5, 5.41) is 19.7. The Morgan fingerprint density at radius 1 is 1.32 bits per heavy atom. The van der Waals surface area contributed by atoms with Crippen molar-refractivity contribution in [1.82, 2.24) is 16.0 Å². The minimum absolute atomic E-state index is 0.116. The zero-order chi connectivity index (χ0) is 21.8. The monoisotopic (exact) mass is 425 g/mol. The van der Waals surface area contributed by atoms with Crippen molar-refractivity contribution in [2.24, 2.45) is 0 Å². The van der Waals surface area contributed by atoms with Gasteiger partial charge in [0.05, 0.1) is 18.1 Å². The van der Waals surface area contributed by atoms with E-state index in [1.54, 1.807) is 13.1 Å². The Balaban J connectivity index is 1.60. The molecule has 2 aromatic carbocycles. The van der Waals surface area contributed by atoms with Crippen molar-refractivity contribution in [3.05, 3.63) is 64.7 Å². The molecule has 0 radical (unpaired) electrons. The first kappa shape index (κ1) is 21.8. The number of benzene rings is 2. The van der Waals surface area contributed by atoms with Gasteiger partial charge >= 0.3 is 0 Å². The van der Waals surface area contributed by atoms with Crippen LogP contribution in [-0.2, 0) is 10.2 Å². The fourth-order valence-corrected chi connectivity index (χ4v) is 4.30. The van der Waals surface area contributed by atoms with Gasteiger partial charge in [-0.2, -0.15) is 0 Å². The minimum atomic E-state index is -0.929. The van der Waals surface area contributed by atoms with Gasteiger partial charge in [0.25, 0.3) is 5.91 Å². The maximum atomic E-state index is 13.0. The molecular weight excluding hydrogens is 394 g/mol. The van der Waals surface area contributed by atoms with Crippen LogP contribution in [0.2, 0.25) is 0 Å². The molecule has 4 N–H and O–H groups in total. The number of amides is 1. The molecule has 4 rings (SSSR count). The van der Waals surface area contributed by atoms with Gasteiger partial charge in [-0.05, 0) is 38.1 Å². The number of ether oxygens (including phenoxy) is 2. The molecule has 0 bridgehead atoms. The van der Waals surface area contributed by atoms with E-state index in [0.29, 0.717) is 36.6 Å². The molecule has 2 unspecified atom stereocenters. The normalized spacial score (nSPS) is 23.6. The number of fused-ring (bicyclic) bond motifs is 1. The van der Waals surface area contributed by atoms with E-state index in [-0.39, 0.29) is 12.0 Å². The lowest BCUT2D eigenvalue weighted by atomic mass is 9.77. The van der Waals surface area contributed by atoms with Crippen LogP contribution in [0.1, 0.15) is 46.6 Å². The molecule has 2 aliphatic rings. The maximum Gasteiger partial charge on any atom is 0.251 e. The van der Waals surface area contributed by atoms with Crippen LogP contribution < -0.4 is 20.7 Å². The molecule has 7 heteroatoms. The molecule has 2 heterocycles. The lowest BCUT2D eigenvalue weighted by Crippen LogP contribution is -2.40. The molecule has 0 saturated carbocycles. The second kappa shape index (κ2) is 9.36. The van der Waals surface area contributed by atoms with Gasteiger partial charge in [0.2, 0.25) is 0 Å². The number of rotatable bonds is 7. The fraction of sp³-hybridized carbons (Fsp3) is 0.458. The number of carbonyl (C=O) groups is 1. The minimum Gasteiger partial charge on any atom is -0.492 e. The molecule has 2 aromatic rings. The summed E-state index contributed by atoms with van der Waals surface area (Å²) < 4.78 is 11.8. The first-order valence-corrected chi connectivity index (χ1v) is 10.9. The second-order valence-corrected chi connectivity index (χ2v) is 8.36. The Hall–Kier alpha value is -2.45. The zero-order valence-electron chi connectivity index (χ0n) is 18.1. The average molecular weight is 426 g/mol. The molecule has 2 aliphatic heterocycles. The van der Waals surface area contributed by atoms with Gasteiger partial charge in [-0.3, -0.25) is 10.1 Å². The van der Waals surface area contributed by atoms with Gasteiger partial charge in [0, 0.05) is 36.3 Å². The van der Waals surface area contributed by atoms with Crippen LogP contribution in [0.25, 0.3) is 0 Å². The third-order valence-corrected chi connectivity index (χ3v) is 6.21. The fourth-order valence-electron chi connectivity index (χ4n) is 4.30. The second-order valence-electron chi connectivity index (χ2n) is 8.36. The number of aliphatic hydroxyl groups excluding tert-OH is 1. The lowest BCUT2D eigenvalue weighted by molar-refractivity contribution is 0.0239. The molecule has 0 spiro atoms. The maximum absolute atomic E-state index is 13.0. The summed E-state index contributed by atoms with van der Waals surface area (Å²) >= 11 is 0. The number of nitrogens with one attached hydrogen (secondary N) is 3. The van der Waals surface area contributed by atoms with Gasteiger partial charge < -0.3 is 25.2 Å². The van der Waals surface area contributed by atoms with E-state index in [1.165, 1.54) is 0 Å². The molecule has 3 atom stereocenters. The highest BCUT2D eigenvalue weighted by Crippen LogP contribution is 2.46. The Morgan fingerprint density at radius 2 is 2.13 bits per heavy atom. The van der Waals surface area contributed by atoms with Crippen LogP contribution >= 0.6 is 0 Å². The smallest absolute Gasteiger partial charge is 0.251 e. The van der Waals surface area contributed by atoms with Crippen LogP contribution in [0.4, 0.5) is 0 Å². The van der Waals surface area contributed by atoms with E-state index in [9.17, 15) is 9.90 Å². The predicted octanol–water partition coefficient (Wildman–Crippen LogP) is 1.70. The van der Waals surface area contributed by atoms with E-state index >= 15 is 0 Å². The van der Waals surface area contributed by atoms with Crippen LogP contribution in [-0.4, -0.2) is 57.0 Å². The summed E-state index contributed by atoms with van der Waals surface area (Å²) in [6.45, 7) is 5.47. The predicted molar refractivity (Wildman–Crippen MR) is 118 cm³/mol. The topological polar surface area (TPSA) is 91.9 Å². The van der Waals surface area contributed by atoms with Gasteiger partial charge in [0.1, 0.15) is 18.6 Å². The van der Waals surface area contributed by atoms with E-state index in [0.717, 1.165) is 30.6 Å². The third-order valence-electron chi connectivity index (χ3n) is 6.21. The molecule has 31 heavy (non-hydrogen) atoms. The summed E-state index contributed by atoms with van der Waals surface area (Å²) in [7, 11) is 1.67. The van der Waals surface area contributed by atoms with Crippen molar-refractivity contribution in [2.45, 2.75) is 31.1 Å². The Kier molecular flexibility index (Phi) is 6.57. The van der Waals surface area contributed by atoms with Gasteiger partial charge in [0.15, 0.2) is 0 Å². The van der Waals surface area contributed by atoms with Crippen LogP contribution in [0.3, 0.4) is 0 Å². The summed E-state index contributed by atoms with van der Waals surface area (Å²) in [5.41, 5.74) is 2.70. The largest absolute Gasteiger partial charge is 0.492 e. The lowest BCUT2D eigenvalue weighted by Gasteiger charge is -2.25. The number of morpholine rings is 1. The number of hydrogen-bond donors (Lipinski definition) is 4. The zero-order valence-corrected chi connectivity index (χ0v) is 18.1. The van der Waals surface area contributed by atoms with Crippen molar-refractivity contribution in [3.8, 4) is 5.75 Å². The van der Waals surface area contributed by atoms with Gasteiger partial charge in [-0.15, -0.1) is 0 Å². The highest BCUT2D eigenvalue weighted by atomic mass is 16.5. The number of hydrogen-bond acceptors (Lipinski definition) is 6.